The Morgan fingerprint density at radius 1 is 1.24 bits per heavy atom. The number of benzene rings is 1. The number of pyridine rings is 1. The van der Waals surface area contributed by atoms with Crippen molar-refractivity contribution in [1.29, 1.82) is 0 Å². The van der Waals surface area contributed by atoms with Crippen molar-refractivity contribution in [2.45, 2.75) is 18.4 Å². The summed E-state index contributed by atoms with van der Waals surface area (Å²) in [5.41, 5.74) is 0.160. The van der Waals surface area contributed by atoms with E-state index in [-0.39, 0.29) is 22.8 Å². The molecule has 0 atom stereocenters. The van der Waals surface area contributed by atoms with E-state index in [0.717, 1.165) is 11.6 Å². The Kier molecular flexibility index (Phi) is 5.29. The van der Waals surface area contributed by atoms with Gasteiger partial charge < -0.3 is 15.0 Å². The average Bonchev–Trinajstić information content (AvgIpc) is 2.57. The molecule has 25 heavy (non-hydrogen) atoms. The molecule has 0 aliphatic rings. The molecule has 0 aliphatic heterocycles. The van der Waals surface area contributed by atoms with Gasteiger partial charge in [0.1, 0.15) is 0 Å². The third-order valence-electron chi connectivity index (χ3n) is 3.74. The van der Waals surface area contributed by atoms with Gasteiger partial charge in [-0.15, -0.1) is 0 Å². The summed E-state index contributed by atoms with van der Waals surface area (Å²) >= 11 is 0. The second-order valence-corrected chi connectivity index (χ2v) is 7.24. The van der Waals surface area contributed by atoms with E-state index in [4.69, 9.17) is 0 Å². The zero-order valence-corrected chi connectivity index (χ0v) is 14.8. The first-order valence-corrected chi connectivity index (χ1v) is 8.86. The molecule has 1 amide bonds. The largest absolute Gasteiger partial charge is 0.503 e. The number of sulfonamides is 1. The van der Waals surface area contributed by atoms with Crippen LogP contribution in [0, 0.1) is 6.92 Å². The van der Waals surface area contributed by atoms with Crippen molar-refractivity contribution in [3.63, 3.8) is 0 Å². The summed E-state index contributed by atoms with van der Waals surface area (Å²) in [7, 11) is -0.964. The van der Waals surface area contributed by atoms with Gasteiger partial charge in [0.25, 0.3) is 5.91 Å². The first-order valence-electron chi connectivity index (χ1n) is 7.37. The number of aromatic nitrogens is 1. The molecule has 0 fully saturated rings. The highest BCUT2D eigenvalue weighted by atomic mass is 32.2. The number of rotatable bonds is 5. The van der Waals surface area contributed by atoms with E-state index in [0.29, 0.717) is 0 Å². The van der Waals surface area contributed by atoms with Crippen LogP contribution in [0.2, 0.25) is 0 Å². The van der Waals surface area contributed by atoms with Crippen LogP contribution >= 0.6 is 0 Å². The number of nitrogens with zero attached hydrogens (tertiary/aromatic N) is 1. The van der Waals surface area contributed by atoms with Crippen LogP contribution in [0.5, 0.6) is 5.75 Å². The Hall–Kier alpha value is -2.65. The smallest absolute Gasteiger partial charge is 0.271 e. The van der Waals surface area contributed by atoms with E-state index in [1.807, 2.05) is 6.92 Å². The predicted molar refractivity (Wildman–Crippen MR) is 91.9 cm³/mol. The molecule has 134 valence electrons. The number of aryl methyl sites for hydroxylation is 1. The number of carbonyl (C=O) groups is 1. The van der Waals surface area contributed by atoms with E-state index in [2.05, 4.69) is 10.0 Å². The van der Waals surface area contributed by atoms with Crippen molar-refractivity contribution in [2.75, 3.05) is 7.05 Å². The van der Waals surface area contributed by atoms with Crippen LogP contribution in [0.4, 0.5) is 0 Å². The van der Waals surface area contributed by atoms with Crippen molar-refractivity contribution < 1.29 is 18.3 Å². The van der Waals surface area contributed by atoms with Crippen molar-refractivity contribution in [3.8, 4) is 5.75 Å². The molecule has 0 unspecified atom stereocenters. The summed E-state index contributed by atoms with van der Waals surface area (Å²) in [6.07, 6.45) is 0. The van der Waals surface area contributed by atoms with Gasteiger partial charge in [-0.1, -0.05) is 17.7 Å². The average molecular weight is 365 g/mol. The second-order valence-electron chi connectivity index (χ2n) is 5.47. The lowest BCUT2D eigenvalue weighted by Gasteiger charge is -2.15. The molecule has 0 saturated carbocycles. The molecule has 0 radical (unpaired) electrons. The van der Waals surface area contributed by atoms with Crippen LogP contribution in [0.15, 0.2) is 40.0 Å². The Bertz CT molecular complexity index is 963. The van der Waals surface area contributed by atoms with E-state index in [1.54, 1.807) is 12.1 Å². The zero-order chi connectivity index (χ0) is 18.8. The minimum atomic E-state index is -3.78. The maximum atomic E-state index is 12.3. The zero-order valence-electron chi connectivity index (χ0n) is 14.0. The lowest BCUT2D eigenvalue weighted by atomic mass is 10.2. The third-order valence-corrected chi connectivity index (χ3v) is 5.16. The predicted octanol–water partition coefficient (Wildman–Crippen LogP) is 0.237. The monoisotopic (exact) mass is 365 g/mol. The number of carbonyl (C=O) groups excluding carboxylic acids is 1. The lowest BCUT2D eigenvalue weighted by molar-refractivity contribution is 0.0950. The van der Waals surface area contributed by atoms with Gasteiger partial charge in [-0.3, -0.25) is 9.59 Å². The molecule has 0 saturated heterocycles. The van der Waals surface area contributed by atoms with Crippen LogP contribution < -0.4 is 15.5 Å². The summed E-state index contributed by atoms with van der Waals surface area (Å²) in [4.78, 5) is 23.8. The minimum absolute atomic E-state index is 0.0911. The number of amides is 1. The van der Waals surface area contributed by atoms with Crippen molar-refractivity contribution in [1.82, 2.24) is 14.6 Å². The molecule has 0 spiro atoms. The first kappa shape index (κ1) is 18.7. The fourth-order valence-corrected chi connectivity index (χ4v) is 3.25. The molecular formula is C16H19N3O5S. The molecule has 0 bridgehead atoms. The Morgan fingerprint density at radius 3 is 2.40 bits per heavy atom. The van der Waals surface area contributed by atoms with Gasteiger partial charge in [0, 0.05) is 25.9 Å². The van der Waals surface area contributed by atoms with Gasteiger partial charge in [0.05, 0.1) is 11.4 Å². The Morgan fingerprint density at radius 2 is 1.84 bits per heavy atom. The second kappa shape index (κ2) is 7.08. The van der Waals surface area contributed by atoms with Gasteiger partial charge in [-0.25, -0.2) is 13.1 Å². The van der Waals surface area contributed by atoms with E-state index >= 15 is 0 Å². The summed E-state index contributed by atoms with van der Waals surface area (Å²) in [5, 5.41) is 12.1. The highest BCUT2D eigenvalue weighted by molar-refractivity contribution is 7.89. The molecule has 1 aromatic heterocycles. The van der Waals surface area contributed by atoms with E-state index < -0.39 is 27.1 Å². The van der Waals surface area contributed by atoms with E-state index in [1.165, 1.54) is 30.8 Å². The maximum absolute atomic E-state index is 12.3. The highest BCUT2D eigenvalue weighted by Gasteiger charge is 2.20. The molecule has 9 heteroatoms. The van der Waals surface area contributed by atoms with Gasteiger partial charge in [0.15, 0.2) is 11.4 Å². The van der Waals surface area contributed by atoms with Gasteiger partial charge in [0.2, 0.25) is 15.5 Å². The fourth-order valence-electron chi connectivity index (χ4n) is 2.25. The molecule has 3 N–H and O–H groups in total. The number of nitrogens with one attached hydrogen (secondary N) is 2. The molecular weight excluding hydrogens is 346 g/mol. The van der Waals surface area contributed by atoms with Gasteiger partial charge >= 0.3 is 0 Å². The topological polar surface area (TPSA) is 118 Å². The summed E-state index contributed by atoms with van der Waals surface area (Å²) in [6.45, 7) is 1.63. The SMILES string of the molecule is CNC(=O)c1c(O)c(=O)cc(CNS(=O)(=O)c2ccc(C)cc2)n1C. The van der Waals surface area contributed by atoms with Crippen LogP contribution in [0.25, 0.3) is 0 Å². The molecule has 1 aromatic carbocycles. The Balaban J connectivity index is 2.35. The number of hydrogen-bond acceptors (Lipinski definition) is 5. The number of hydrogen-bond donors (Lipinski definition) is 3. The standard InChI is InChI=1S/C16H19N3O5S/c1-10-4-6-12(7-5-10)25(23,24)18-9-11-8-13(20)15(21)14(19(11)3)16(22)17-2/h4-8,18,21H,9H2,1-3H3,(H,17,22). The number of aromatic hydroxyl groups is 1. The fraction of sp³-hybridized carbons (Fsp3) is 0.250. The van der Waals surface area contributed by atoms with Crippen LogP contribution in [-0.2, 0) is 23.6 Å². The summed E-state index contributed by atoms with van der Waals surface area (Å²) in [6, 6.07) is 7.38. The molecule has 2 aromatic rings. The van der Waals surface area contributed by atoms with Crippen LogP contribution in [-0.4, -0.2) is 31.0 Å². The minimum Gasteiger partial charge on any atom is -0.503 e. The van der Waals surface area contributed by atoms with Crippen LogP contribution in [0.1, 0.15) is 21.7 Å². The van der Waals surface area contributed by atoms with Gasteiger partial charge in [-0.2, -0.15) is 0 Å². The summed E-state index contributed by atoms with van der Waals surface area (Å²) in [5.74, 6) is -1.34. The summed E-state index contributed by atoms with van der Waals surface area (Å²) < 4.78 is 28.3. The first-order chi connectivity index (χ1) is 11.7. The van der Waals surface area contributed by atoms with E-state index in [9.17, 15) is 23.1 Å². The normalized spacial score (nSPS) is 11.3. The molecule has 1 heterocycles. The van der Waals surface area contributed by atoms with Gasteiger partial charge in [-0.05, 0) is 19.1 Å². The maximum Gasteiger partial charge on any atom is 0.271 e. The quantitative estimate of drug-likeness (QED) is 0.701. The molecule has 2 rings (SSSR count). The molecule has 0 aliphatic carbocycles. The lowest BCUT2D eigenvalue weighted by Crippen LogP contribution is -2.30. The van der Waals surface area contributed by atoms with Crippen molar-refractivity contribution in [3.05, 3.63) is 57.5 Å². The highest BCUT2D eigenvalue weighted by Crippen LogP contribution is 2.14. The van der Waals surface area contributed by atoms with Crippen molar-refractivity contribution in [2.24, 2.45) is 7.05 Å². The van der Waals surface area contributed by atoms with Crippen molar-refractivity contribution >= 4 is 15.9 Å². The Labute approximate surface area is 145 Å². The third kappa shape index (κ3) is 3.89. The van der Waals surface area contributed by atoms with Crippen LogP contribution in [0.3, 0.4) is 0 Å². The molecule has 8 nitrogen and oxygen atoms in total.